The molecule has 33 heavy (non-hydrogen) atoms. The van der Waals surface area contributed by atoms with E-state index >= 15 is 0 Å². The Morgan fingerprint density at radius 2 is 1.94 bits per heavy atom. The molecule has 0 atom stereocenters. The molecular weight excluding hydrogens is 410 g/mol. The number of nitrogens with two attached hydrogens (primary N) is 1. The van der Waals surface area contributed by atoms with Gasteiger partial charge in [0.25, 0.3) is 0 Å². The summed E-state index contributed by atoms with van der Waals surface area (Å²) in [4.78, 5) is 4.45. The van der Waals surface area contributed by atoms with Crippen molar-refractivity contribution < 1.29 is 0 Å². The van der Waals surface area contributed by atoms with E-state index in [0.717, 1.165) is 59.3 Å². The van der Waals surface area contributed by atoms with E-state index in [1.807, 2.05) is 22.2 Å². The van der Waals surface area contributed by atoms with Crippen molar-refractivity contribution in [1.82, 2.24) is 29.7 Å². The third-order valence-electron chi connectivity index (χ3n) is 6.19. The summed E-state index contributed by atoms with van der Waals surface area (Å²) in [6.07, 6.45) is 5.28. The van der Waals surface area contributed by atoms with Crippen molar-refractivity contribution in [2.24, 2.45) is 0 Å². The Balaban J connectivity index is 1.47. The van der Waals surface area contributed by atoms with Crippen LogP contribution in [-0.2, 0) is 6.54 Å². The lowest BCUT2D eigenvalue weighted by molar-refractivity contribution is 0.696. The first kappa shape index (κ1) is 19.7. The van der Waals surface area contributed by atoms with E-state index < -0.39 is 0 Å². The molecule has 3 N–H and O–H groups in total. The third-order valence-corrected chi connectivity index (χ3v) is 6.19. The van der Waals surface area contributed by atoms with Crippen LogP contribution < -0.4 is 11.1 Å². The van der Waals surface area contributed by atoms with Crippen LogP contribution in [0.3, 0.4) is 0 Å². The van der Waals surface area contributed by atoms with E-state index in [4.69, 9.17) is 15.9 Å². The summed E-state index contributed by atoms with van der Waals surface area (Å²) in [6, 6.07) is 19.0. The zero-order valence-electron chi connectivity index (χ0n) is 18.5. The largest absolute Gasteiger partial charge is 0.382 e. The second-order valence-corrected chi connectivity index (χ2v) is 8.52. The second kappa shape index (κ2) is 7.86. The minimum atomic E-state index is 0.494. The quantitative estimate of drug-likeness (QED) is 0.445. The van der Waals surface area contributed by atoms with Crippen molar-refractivity contribution in [3.8, 4) is 11.1 Å². The van der Waals surface area contributed by atoms with Crippen LogP contribution in [0.15, 0.2) is 66.9 Å². The number of hydrogen-bond acceptors (Lipinski definition) is 5. The zero-order chi connectivity index (χ0) is 22.4. The van der Waals surface area contributed by atoms with Crippen LogP contribution in [0.25, 0.3) is 33.1 Å². The number of nitrogens with one attached hydrogen (secondary N) is 1. The molecule has 2 aromatic carbocycles. The lowest BCUT2D eigenvalue weighted by atomic mass is 10.0. The van der Waals surface area contributed by atoms with Gasteiger partial charge in [0, 0.05) is 23.7 Å². The van der Waals surface area contributed by atoms with Crippen LogP contribution in [0.4, 0.5) is 5.82 Å². The maximum absolute atomic E-state index is 6.42. The summed E-state index contributed by atoms with van der Waals surface area (Å²) in [5, 5.41) is 14.0. The Bertz CT molecular complexity index is 1510. The smallest absolute Gasteiger partial charge is 0.152 e. The molecule has 5 aromatic rings. The Kier molecular flexibility index (Phi) is 4.69. The molecule has 6 rings (SSSR count). The summed E-state index contributed by atoms with van der Waals surface area (Å²) < 4.78 is 3.95. The first-order chi connectivity index (χ1) is 16.2. The minimum absolute atomic E-state index is 0.494. The van der Waals surface area contributed by atoms with Gasteiger partial charge < -0.3 is 11.1 Å². The van der Waals surface area contributed by atoms with Gasteiger partial charge in [-0.25, -0.2) is 9.50 Å². The van der Waals surface area contributed by atoms with Gasteiger partial charge in [-0.2, -0.15) is 10.2 Å². The number of fused-ring (bicyclic) bond motifs is 2. The fourth-order valence-corrected chi connectivity index (χ4v) is 4.64. The number of nitrogen functional groups attached to an aromatic ring is 1. The maximum atomic E-state index is 6.42. The van der Waals surface area contributed by atoms with Gasteiger partial charge in [-0.15, -0.1) is 0 Å². The highest BCUT2D eigenvalue weighted by molar-refractivity contribution is 5.94. The molecule has 7 heteroatoms. The molecule has 3 aromatic heterocycles. The predicted molar refractivity (Wildman–Crippen MR) is 132 cm³/mol. The Morgan fingerprint density at radius 3 is 2.76 bits per heavy atom. The first-order valence-electron chi connectivity index (χ1n) is 11.2. The summed E-state index contributed by atoms with van der Waals surface area (Å²) in [5.41, 5.74) is 13.9. The van der Waals surface area contributed by atoms with Gasteiger partial charge in [0.2, 0.25) is 0 Å². The highest BCUT2D eigenvalue weighted by Crippen LogP contribution is 2.35. The van der Waals surface area contributed by atoms with Gasteiger partial charge in [-0.3, -0.25) is 4.68 Å². The summed E-state index contributed by atoms with van der Waals surface area (Å²) >= 11 is 0. The highest BCUT2D eigenvalue weighted by Gasteiger charge is 2.20. The monoisotopic (exact) mass is 435 g/mol. The van der Waals surface area contributed by atoms with E-state index in [2.05, 4.69) is 71.1 Å². The topological polar surface area (TPSA) is 86.1 Å². The van der Waals surface area contributed by atoms with Gasteiger partial charge >= 0.3 is 0 Å². The SMILES string of the molecule is Cc1nc(N)c2c(-c3ccc4cn(Cc5ccccc5)nc4c3)cc(C3=CCNCC3)n2n1. The van der Waals surface area contributed by atoms with Crippen LogP contribution in [0.1, 0.15) is 23.5 Å². The molecule has 0 amide bonds. The van der Waals surface area contributed by atoms with Crippen molar-refractivity contribution >= 4 is 27.8 Å². The number of anilines is 1. The van der Waals surface area contributed by atoms with E-state index in [0.29, 0.717) is 11.6 Å². The van der Waals surface area contributed by atoms with Crippen molar-refractivity contribution in [1.29, 1.82) is 0 Å². The predicted octanol–water partition coefficient (Wildman–Crippen LogP) is 4.06. The molecule has 0 fully saturated rings. The molecular formula is C26H25N7. The van der Waals surface area contributed by atoms with E-state index in [1.54, 1.807) is 0 Å². The van der Waals surface area contributed by atoms with Gasteiger partial charge in [-0.05, 0) is 48.7 Å². The van der Waals surface area contributed by atoms with Crippen LogP contribution in [-0.4, -0.2) is 37.5 Å². The normalized spacial score (nSPS) is 14.2. The lowest BCUT2D eigenvalue weighted by Crippen LogP contribution is -2.20. The fraction of sp³-hybridized carbons (Fsp3) is 0.192. The van der Waals surface area contributed by atoms with E-state index in [-0.39, 0.29) is 0 Å². The van der Waals surface area contributed by atoms with Crippen molar-refractivity contribution in [3.05, 3.63) is 84.0 Å². The van der Waals surface area contributed by atoms with E-state index in [1.165, 1.54) is 11.1 Å². The van der Waals surface area contributed by atoms with Crippen LogP contribution in [0, 0.1) is 6.92 Å². The van der Waals surface area contributed by atoms with E-state index in [9.17, 15) is 0 Å². The van der Waals surface area contributed by atoms with Crippen molar-refractivity contribution in [2.45, 2.75) is 19.9 Å². The summed E-state index contributed by atoms with van der Waals surface area (Å²) in [7, 11) is 0. The average Bonchev–Trinajstić information content (AvgIpc) is 3.41. The van der Waals surface area contributed by atoms with Crippen LogP contribution in [0.2, 0.25) is 0 Å². The van der Waals surface area contributed by atoms with Gasteiger partial charge in [-0.1, -0.05) is 48.5 Å². The highest BCUT2D eigenvalue weighted by atomic mass is 15.3. The maximum Gasteiger partial charge on any atom is 0.152 e. The minimum Gasteiger partial charge on any atom is -0.382 e. The standard InChI is InChI=1S/C26H25N7/c1-17-29-26(27)25-22(14-24(33(25)30-17)19-9-11-28-12-10-19)20-7-8-21-16-32(31-23(21)13-20)15-18-5-3-2-4-6-18/h2-9,13-14,16,28H,10-12,15H2,1H3,(H2,27,29,30). The Morgan fingerprint density at radius 1 is 1.06 bits per heavy atom. The molecule has 0 unspecified atom stereocenters. The molecule has 1 aliphatic rings. The lowest BCUT2D eigenvalue weighted by Gasteiger charge is -2.13. The molecule has 0 bridgehead atoms. The van der Waals surface area contributed by atoms with Crippen molar-refractivity contribution in [2.75, 3.05) is 18.8 Å². The molecule has 0 saturated heterocycles. The van der Waals surface area contributed by atoms with Gasteiger partial charge in [0.05, 0.1) is 17.8 Å². The first-order valence-corrected chi connectivity index (χ1v) is 11.2. The number of nitrogens with zero attached hydrogens (tertiary/aromatic N) is 5. The fourth-order valence-electron chi connectivity index (χ4n) is 4.64. The van der Waals surface area contributed by atoms with Gasteiger partial charge in [0.1, 0.15) is 11.3 Å². The number of hydrogen-bond donors (Lipinski definition) is 2. The Labute approximate surface area is 191 Å². The van der Waals surface area contributed by atoms with Gasteiger partial charge in [0.15, 0.2) is 5.82 Å². The number of aryl methyl sites for hydroxylation is 1. The molecule has 1 aliphatic heterocycles. The average molecular weight is 436 g/mol. The molecule has 164 valence electrons. The molecule has 4 heterocycles. The van der Waals surface area contributed by atoms with Crippen LogP contribution >= 0.6 is 0 Å². The number of benzene rings is 2. The third kappa shape index (κ3) is 3.56. The molecule has 0 spiro atoms. The number of rotatable bonds is 4. The number of aromatic nitrogens is 5. The molecule has 0 aliphatic carbocycles. The van der Waals surface area contributed by atoms with Crippen LogP contribution in [0.5, 0.6) is 0 Å². The summed E-state index contributed by atoms with van der Waals surface area (Å²) in [5.74, 6) is 1.15. The van der Waals surface area contributed by atoms with Crippen molar-refractivity contribution in [3.63, 3.8) is 0 Å². The Hall–Kier alpha value is -3.97. The molecule has 0 radical (unpaired) electrons. The molecule has 0 saturated carbocycles. The zero-order valence-corrected chi connectivity index (χ0v) is 18.5. The second-order valence-electron chi connectivity index (χ2n) is 8.52. The summed E-state index contributed by atoms with van der Waals surface area (Å²) in [6.45, 7) is 4.44. The molecule has 7 nitrogen and oxygen atoms in total.